The van der Waals surface area contributed by atoms with E-state index in [1.54, 1.807) is 0 Å². The van der Waals surface area contributed by atoms with Gasteiger partial charge in [0, 0.05) is 0 Å². The third-order valence-corrected chi connectivity index (χ3v) is 4.09. The predicted octanol–water partition coefficient (Wildman–Crippen LogP) is 5.00. The van der Waals surface area contributed by atoms with Crippen LogP contribution in [0.25, 0.3) is 11.1 Å². The summed E-state index contributed by atoms with van der Waals surface area (Å²) in [4.78, 5) is 0. The topological polar surface area (TPSA) is 0 Å². The maximum Gasteiger partial charge on any atom is -0.0184 e. The van der Waals surface area contributed by atoms with Gasteiger partial charge in [-0.15, -0.1) is 0 Å². The Labute approximate surface area is 110 Å². The molecule has 0 unspecified atom stereocenters. The second kappa shape index (κ2) is 4.97. The standard InChI is InChI=1S/C18H20/c1-14-5-9-17(10-6-14)18-11-7-16(8-12-18)13-15-3-2-4-15/h5-12,15H,2-4,13H2,1H3. The van der Waals surface area contributed by atoms with Crippen molar-refractivity contribution in [2.24, 2.45) is 5.92 Å². The molecule has 0 N–H and O–H groups in total. The lowest BCUT2D eigenvalue weighted by molar-refractivity contribution is 0.314. The van der Waals surface area contributed by atoms with Gasteiger partial charge in [0.25, 0.3) is 0 Å². The second-order valence-electron chi connectivity index (χ2n) is 5.56. The molecular formula is C18H20. The highest BCUT2D eigenvalue weighted by molar-refractivity contribution is 5.63. The molecule has 1 aliphatic rings. The quantitative estimate of drug-likeness (QED) is 0.703. The lowest BCUT2D eigenvalue weighted by atomic mass is 9.81. The fourth-order valence-electron chi connectivity index (χ4n) is 2.61. The van der Waals surface area contributed by atoms with Gasteiger partial charge in [-0.3, -0.25) is 0 Å². The third kappa shape index (κ3) is 2.48. The van der Waals surface area contributed by atoms with Gasteiger partial charge in [-0.05, 0) is 36.0 Å². The number of hydrogen-bond acceptors (Lipinski definition) is 0. The molecule has 2 aromatic carbocycles. The molecule has 1 saturated carbocycles. The van der Waals surface area contributed by atoms with Crippen molar-refractivity contribution in [2.75, 3.05) is 0 Å². The molecule has 0 spiro atoms. The van der Waals surface area contributed by atoms with Crippen LogP contribution in [0, 0.1) is 12.8 Å². The Balaban J connectivity index is 1.75. The summed E-state index contributed by atoms with van der Waals surface area (Å²) in [7, 11) is 0. The average Bonchev–Trinajstić information content (AvgIpc) is 2.36. The first-order valence-corrected chi connectivity index (χ1v) is 6.97. The van der Waals surface area contributed by atoms with Crippen LogP contribution in [-0.4, -0.2) is 0 Å². The predicted molar refractivity (Wildman–Crippen MR) is 77.7 cm³/mol. The Morgan fingerprint density at radius 2 is 1.39 bits per heavy atom. The second-order valence-corrected chi connectivity index (χ2v) is 5.56. The first-order chi connectivity index (χ1) is 8.81. The van der Waals surface area contributed by atoms with Crippen LogP contribution in [0.1, 0.15) is 30.4 Å². The van der Waals surface area contributed by atoms with Crippen molar-refractivity contribution in [3.05, 3.63) is 59.7 Å². The van der Waals surface area contributed by atoms with Crippen molar-refractivity contribution in [3.63, 3.8) is 0 Å². The van der Waals surface area contributed by atoms with Crippen LogP contribution < -0.4 is 0 Å². The monoisotopic (exact) mass is 236 g/mol. The highest BCUT2D eigenvalue weighted by Gasteiger charge is 2.17. The molecule has 0 saturated heterocycles. The fourth-order valence-corrected chi connectivity index (χ4v) is 2.61. The van der Waals surface area contributed by atoms with Gasteiger partial charge in [0.15, 0.2) is 0 Å². The Bertz CT molecular complexity index is 501. The zero-order chi connectivity index (χ0) is 12.4. The van der Waals surface area contributed by atoms with Crippen LogP contribution in [0.15, 0.2) is 48.5 Å². The first-order valence-electron chi connectivity index (χ1n) is 6.97. The van der Waals surface area contributed by atoms with E-state index in [9.17, 15) is 0 Å². The minimum absolute atomic E-state index is 0.954. The Morgan fingerprint density at radius 1 is 0.833 bits per heavy atom. The molecule has 0 amide bonds. The van der Waals surface area contributed by atoms with Crippen LogP contribution in [-0.2, 0) is 6.42 Å². The van der Waals surface area contributed by atoms with E-state index in [1.165, 1.54) is 47.9 Å². The Kier molecular flexibility index (Phi) is 3.19. The van der Waals surface area contributed by atoms with Gasteiger partial charge in [-0.2, -0.15) is 0 Å². The molecule has 0 radical (unpaired) electrons. The molecule has 0 aliphatic heterocycles. The molecule has 0 nitrogen and oxygen atoms in total. The van der Waals surface area contributed by atoms with Crippen LogP contribution in [0.4, 0.5) is 0 Å². The molecule has 0 atom stereocenters. The third-order valence-electron chi connectivity index (χ3n) is 4.09. The summed E-state index contributed by atoms with van der Waals surface area (Å²) in [6.07, 6.45) is 5.57. The van der Waals surface area contributed by atoms with Gasteiger partial charge >= 0.3 is 0 Å². The van der Waals surface area contributed by atoms with Crippen molar-refractivity contribution < 1.29 is 0 Å². The molecule has 0 bridgehead atoms. The number of aryl methyl sites for hydroxylation is 1. The van der Waals surface area contributed by atoms with Gasteiger partial charge in [-0.25, -0.2) is 0 Å². The minimum atomic E-state index is 0.954. The maximum atomic E-state index is 2.30. The Morgan fingerprint density at radius 3 is 1.89 bits per heavy atom. The first kappa shape index (κ1) is 11.5. The van der Waals surface area contributed by atoms with Gasteiger partial charge in [0.05, 0.1) is 0 Å². The molecule has 2 aromatic rings. The molecule has 0 heterocycles. The summed E-state index contributed by atoms with van der Waals surface area (Å²) in [5.74, 6) is 0.954. The molecule has 3 rings (SSSR count). The van der Waals surface area contributed by atoms with Crippen molar-refractivity contribution in [3.8, 4) is 11.1 Å². The summed E-state index contributed by atoms with van der Waals surface area (Å²) >= 11 is 0. The van der Waals surface area contributed by atoms with E-state index >= 15 is 0 Å². The van der Waals surface area contributed by atoms with Crippen molar-refractivity contribution in [1.29, 1.82) is 0 Å². The maximum absolute atomic E-state index is 2.30. The summed E-state index contributed by atoms with van der Waals surface area (Å²) < 4.78 is 0. The SMILES string of the molecule is Cc1ccc(-c2ccc(CC3CCC3)cc2)cc1. The molecule has 18 heavy (non-hydrogen) atoms. The molecular weight excluding hydrogens is 216 g/mol. The summed E-state index contributed by atoms with van der Waals surface area (Å²) in [6, 6.07) is 17.9. The van der Waals surface area contributed by atoms with Crippen LogP contribution in [0.3, 0.4) is 0 Å². The van der Waals surface area contributed by atoms with E-state index < -0.39 is 0 Å². The smallest absolute Gasteiger partial charge is 0.0184 e. The fraction of sp³-hybridized carbons (Fsp3) is 0.333. The number of benzene rings is 2. The summed E-state index contributed by atoms with van der Waals surface area (Å²) in [6.45, 7) is 2.13. The molecule has 1 aliphatic carbocycles. The highest BCUT2D eigenvalue weighted by atomic mass is 14.2. The zero-order valence-corrected chi connectivity index (χ0v) is 11.0. The number of hydrogen-bond donors (Lipinski definition) is 0. The Hall–Kier alpha value is -1.56. The summed E-state index contributed by atoms with van der Waals surface area (Å²) in [5, 5.41) is 0. The van der Waals surface area contributed by atoms with Crippen molar-refractivity contribution in [2.45, 2.75) is 32.6 Å². The van der Waals surface area contributed by atoms with Gasteiger partial charge in [-0.1, -0.05) is 73.4 Å². The van der Waals surface area contributed by atoms with E-state index in [-0.39, 0.29) is 0 Å². The van der Waals surface area contributed by atoms with Gasteiger partial charge in [0.2, 0.25) is 0 Å². The van der Waals surface area contributed by atoms with Crippen LogP contribution in [0.5, 0.6) is 0 Å². The van der Waals surface area contributed by atoms with Gasteiger partial charge < -0.3 is 0 Å². The molecule has 0 aromatic heterocycles. The molecule has 92 valence electrons. The van der Waals surface area contributed by atoms with E-state index in [0.29, 0.717) is 0 Å². The van der Waals surface area contributed by atoms with E-state index in [0.717, 1.165) is 5.92 Å². The zero-order valence-electron chi connectivity index (χ0n) is 11.0. The highest BCUT2D eigenvalue weighted by Crippen LogP contribution is 2.30. The van der Waals surface area contributed by atoms with E-state index in [2.05, 4.69) is 55.5 Å². The normalized spacial score (nSPS) is 15.4. The van der Waals surface area contributed by atoms with E-state index in [1.807, 2.05) is 0 Å². The molecule has 0 heteroatoms. The van der Waals surface area contributed by atoms with Crippen molar-refractivity contribution >= 4 is 0 Å². The van der Waals surface area contributed by atoms with E-state index in [4.69, 9.17) is 0 Å². The van der Waals surface area contributed by atoms with Crippen molar-refractivity contribution in [1.82, 2.24) is 0 Å². The lowest BCUT2D eigenvalue weighted by Gasteiger charge is -2.25. The number of rotatable bonds is 3. The molecule has 1 fully saturated rings. The summed E-state index contributed by atoms with van der Waals surface area (Å²) in [5.41, 5.74) is 5.46. The largest absolute Gasteiger partial charge is 0.0587 e. The minimum Gasteiger partial charge on any atom is -0.0587 e. The van der Waals surface area contributed by atoms with Crippen LogP contribution in [0.2, 0.25) is 0 Å². The van der Waals surface area contributed by atoms with Crippen LogP contribution >= 0.6 is 0 Å². The lowest BCUT2D eigenvalue weighted by Crippen LogP contribution is -2.13. The van der Waals surface area contributed by atoms with Gasteiger partial charge in [0.1, 0.15) is 0 Å². The average molecular weight is 236 g/mol.